The Morgan fingerprint density at radius 3 is 3.13 bits per heavy atom. The Morgan fingerprint density at radius 2 is 2.47 bits per heavy atom. The minimum Gasteiger partial charge on any atom is -0.370 e. The lowest BCUT2D eigenvalue weighted by Crippen LogP contribution is -2.33. The summed E-state index contributed by atoms with van der Waals surface area (Å²) in [4.78, 5) is 8.34. The minimum atomic E-state index is 0.542. The van der Waals surface area contributed by atoms with E-state index < -0.39 is 0 Å². The lowest BCUT2D eigenvalue weighted by atomic mass is 10.2. The van der Waals surface area contributed by atoms with E-state index >= 15 is 0 Å². The smallest absolute Gasteiger partial charge is 0.189 e. The van der Waals surface area contributed by atoms with E-state index in [1.54, 1.807) is 6.20 Å². The number of aromatic nitrogens is 1. The lowest BCUT2D eigenvalue weighted by molar-refractivity contribution is 0.876. The second kappa shape index (κ2) is 4.29. The molecule has 1 aliphatic rings. The van der Waals surface area contributed by atoms with Crippen molar-refractivity contribution >= 4 is 5.96 Å². The molecule has 0 spiro atoms. The van der Waals surface area contributed by atoms with Gasteiger partial charge in [0, 0.05) is 18.4 Å². The molecule has 0 saturated heterocycles. The van der Waals surface area contributed by atoms with Crippen molar-refractivity contribution in [1.82, 2.24) is 10.3 Å². The normalized spacial score (nSPS) is 16.5. The molecule has 1 fully saturated rings. The van der Waals surface area contributed by atoms with Crippen LogP contribution >= 0.6 is 0 Å². The Balaban J connectivity index is 1.93. The molecule has 1 heterocycles. The van der Waals surface area contributed by atoms with Gasteiger partial charge in [0.25, 0.3) is 0 Å². The van der Waals surface area contributed by atoms with E-state index in [4.69, 9.17) is 5.73 Å². The van der Waals surface area contributed by atoms with Gasteiger partial charge in [0.05, 0.1) is 6.54 Å². The Labute approximate surface area is 89.6 Å². The number of rotatable bonds is 3. The molecule has 0 atom stereocenters. The molecule has 4 heteroatoms. The molecule has 15 heavy (non-hydrogen) atoms. The van der Waals surface area contributed by atoms with E-state index in [0.29, 0.717) is 18.5 Å². The third-order valence-corrected chi connectivity index (χ3v) is 2.50. The van der Waals surface area contributed by atoms with Crippen molar-refractivity contribution in [2.45, 2.75) is 32.4 Å². The first-order valence-corrected chi connectivity index (χ1v) is 5.21. The largest absolute Gasteiger partial charge is 0.370 e. The van der Waals surface area contributed by atoms with E-state index in [2.05, 4.69) is 22.2 Å². The fraction of sp³-hybridized carbons (Fsp3) is 0.455. The number of pyridine rings is 1. The monoisotopic (exact) mass is 204 g/mol. The first kappa shape index (κ1) is 9.96. The van der Waals surface area contributed by atoms with Crippen LogP contribution in [-0.2, 0) is 6.54 Å². The van der Waals surface area contributed by atoms with Crippen molar-refractivity contribution in [3.05, 3.63) is 29.6 Å². The summed E-state index contributed by atoms with van der Waals surface area (Å²) in [7, 11) is 0. The van der Waals surface area contributed by atoms with Crippen molar-refractivity contribution < 1.29 is 0 Å². The number of nitrogens with zero attached hydrogens (tertiary/aromatic N) is 2. The topological polar surface area (TPSA) is 63.3 Å². The number of nitrogens with two attached hydrogens (primary N) is 1. The highest BCUT2D eigenvalue weighted by Gasteiger charge is 2.21. The van der Waals surface area contributed by atoms with Crippen LogP contribution in [0.1, 0.15) is 24.0 Å². The van der Waals surface area contributed by atoms with Gasteiger partial charge >= 0.3 is 0 Å². The first-order valence-electron chi connectivity index (χ1n) is 5.21. The highest BCUT2D eigenvalue weighted by molar-refractivity contribution is 5.78. The summed E-state index contributed by atoms with van der Waals surface area (Å²) in [6.45, 7) is 2.66. The molecule has 1 aromatic heterocycles. The van der Waals surface area contributed by atoms with Crippen LogP contribution in [0.2, 0.25) is 0 Å². The minimum absolute atomic E-state index is 0.542. The summed E-state index contributed by atoms with van der Waals surface area (Å²) in [5.41, 5.74) is 8.06. The van der Waals surface area contributed by atoms with Gasteiger partial charge in [-0.25, -0.2) is 4.99 Å². The van der Waals surface area contributed by atoms with Crippen molar-refractivity contribution in [1.29, 1.82) is 0 Å². The fourth-order valence-electron chi connectivity index (χ4n) is 1.32. The summed E-state index contributed by atoms with van der Waals surface area (Å²) in [6.07, 6.45) is 6.04. The van der Waals surface area contributed by atoms with E-state index in [1.807, 2.05) is 12.3 Å². The predicted octanol–water partition coefficient (Wildman–Crippen LogP) is 0.957. The average Bonchev–Trinajstić information content (AvgIpc) is 3.00. The molecule has 1 aromatic rings. The average molecular weight is 204 g/mol. The van der Waals surface area contributed by atoms with E-state index in [-0.39, 0.29) is 0 Å². The Kier molecular flexibility index (Phi) is 2.85. The van der Waals surface area contributed by atoms with Gasteiger partial charge in [-0.1, -0.05) is 0 Å². The third-order valence-electron chi connectivity index (χ3n) is 2.50. The fourth-order valence-corrected chi connectivity index (χ4v) is 1.32. The van der Waals surface area contributed by atoms with Crippen LogP contribution in [0.5, 0.6) is 0 Å². The number of hydrogen-bond acceptors (Lipinski definition) is 2. The lowest BCUT2D eigenvalue weighted by Gasteiger charge is -2.04. The van der Waals surface area contributed by atoms with Gasteiger partial charge in [-0.15, -0.1) is 0 Å². The van der Waals surface area contributed by atoms with E-state index in [1.165, 1.54) is 18.4 Å². The van der Waals surface area contributed by atoms with E-state index in [0.717, 1.165) is 5.56 Å². The zero-order valence-electron chi connectivity index (χ0n) is 8.90. The zero-order valence-corrected chi connectivity index (χ0v) is 8.90. The summed E-state index contributed by atoms with van der Waals surface area (Å²) in [6, 6.07) is 2.54. The number of aryl methyl sites for hydroxylation is 1. The highest BCUT2D eigenvalue weighted by atomic mass is 15.1. The molecule has 0 amide bonds. The number of aliphatic imine (C=N–C) groups is 1. The van der Waals surface area contributed by atoms with Gasteiger partial charge in [0.2, 0.25) is 0 Å². The maximum absolute atomic E-state index is 5.73. The van der Waals surface area contributed by atoms with Crippen molar-refractivity contribution in [2.24, 2.45) is 10.7 Å². The molecule has 1 saturated carbocycles. The SMILES string of the molecule is Cc1ccncc1CN=C(N)NC1CC1. The van der Waals surface area contributed by atoms with Crippen LogP contribution in [0, 0.1) is 6.92 Å². The summed E-state index contributed by atoms with van der Waals surface area (Å²) >= 11 is 0. The van der Waals surface area contributed by atoms with Crippen LogP contribution in [0.15, 0.2) is 23.5 Å². The molecule has 0 bridgehead atoms. The van der Waals surface area contributed by atoms with Crippen molar-refractivity contribution in [2.75, 3.05) is 0 Å². The quantitative estimate of drug-likeness (QED) is 0.569. The predicted molar refractivity (Wildman–Crippen MR) is 60.5 cm³/mol. The van der Waals surface area contributed by atoms with Gasteiger partial charge in [-0.05, 0) is 37.0 Å². The second-order valence-electron chi connectivity index (χ2n) is 3.92. The van der Waals surface area contributed by atoms with Crippen molar-refractivity contribution in [3.63, 3.8) is 0 Å². The molecule has 2 rings (SSSR count). The molecule has 0 unspecified atom stereocenters. The Bertz CT molecular complexity index is 369. The molecule has 0 aromatic carbocycles. The molecule has 1 aliphatic carbocycles. The summed E-state index contributed by atoms with van der Waals surface area (Å²) < 4.78 is 0. The standard InChI is InChI=1S/C11H16N4/c1-8-4-5-13-6-9(8)7-14-11(12)15-10-2-3-10/h4-6,10H,2-3,7H2,1H3,(H3,12,14,15). The Hall–Kier alpha value is -1.58. The zero-order chi connectivity index (χ0) is 10.7. The number of nitrogens with one attached hydrogen (secondary N) is 1. The first-order chi connectivity index (χ1) is 7.25. The van der Waals surface area contributed by atoms with Crippen LogP contribution in [0.3, 0.4) is 0 Å². The highest BCUT2D eigenvalue weighted by Crippen LogP contribution is 2.18. The van der Waals surface area contributed by atoms with Crippen molar-refractivity contribution in [3.8, 4) is 0 Å². The maximum Gasteiger partial charge on any atom is 0.189 e. The number of guanidine groups is 1. The van der Waals surface area contributed by atoms with Gasteiger partial charge in [-0.3, -0.25) is 4.98 Å². The molecule has 0 aliphatic heterocycles. The second-order valence-corrected chi connectivity index (χ2v) is 3.92. The van der Waals surface area contributed by atoms with Crippen LogP contribution in [0.4, 0.5) is 0 Å². The molecule has 4 nitrogen and oxygen atoms in total. The molecular formula is C11H16N4. The maximum atomic E-state index is 5.73. The third kappa shape index (κ3) is 2.94. The summed E-state index contributed by atoms with van der Waals surface area (Å²) in [5, 5.41) is 3.15. The molecule has 80 valence electrons. The van der Waals surface area contributed by atoms with Gasteiger partial charge in [0.15, 0.2) is 5.96 Å². The van der Waals surface area contributed by atoms with Crippen LogP contribution in [-0.4, -0.2) is 17.0 Å². The molecule has 3 N–H and O–H groups in total. The van der Waals surface area contributed by atoms with Crippen LogP contribution in [0.25, 0.3) is 0 Å². The number of hydrogen-bond donors (Lipinski definition) is 2. The van der Waals surface area contributed by atoms with Gasteiger partial charge in [0.1, 0.15) is 0 Å². The molecule has 0 radical (unpaired) electrons. The molecular weight excluding hydrogens is 188 g/mol. The van der Waals surface area contributed by atoms with E-state index in [9.17, 15) is 0 Å². The van der Waals surface area contributed by atoms with Crippen LogP contribution < -0.4 is 11.1 Å². The summed E-state index contributed by atoms with van der Waals surface area (Å²) in [5.74, 6) is 0.542. The van der Waals surface area contributed by atoms with Gasteiger partial charge in [-0.2, -0.15) is 0 Å². The Morgan fingerprint density at radius 1 is 1.67 bits per heavy atom. The van der Waals surface area contributed by atoms with Gasteiger partial charge < -0.3 is 11.1 Å².